The lowest BCUT2D eigenvalue weighted by Gasteiger charge is -2.30. The molecule has 106 valence electrons. The molecule has 0 amide bonds. The Kier molecular flexibility index (Phi) is 3.84. The van der Waals surface area contributed by atoms with Crippen LogP contribution < -0.4 is 5.32 Å². The lowest BCUT2D eigenvalue weighted by atomic mass is 9.94. The summed E-state index contributed by atoms with van der Waals surface area (Å²) >= 11 is 0. The van der Waals surface area contributed by atoms with Crippen LogP contribution in [0.4, 0.5) is 0 Å². The number of nitrogens with one attached hydrogen (secondary N) is 1. The highest BCUT2D eigenvalue weighted by Gasteiger charge is 2.35. The number of nitrogens with zero attached hydrogens (tertiary/aromatic N) is 2. The molecule has 0 radical (unpaired) electrons. The summed E-state index contributed by atoms with van der Waals surface area (Å²) in [6.07, 6.45) is 6.60. The molecule has 1 atom stereocenters. The largest absolute Gasteiger partial charge is 0.367 e. The van der Waals surface area contributed by atoms with Crippen LogP contribution in [0.5, 0.6) is 0 Å². The van der Waals surface area contributed by atoms with Gasteiger partial charge in [-0.1, -0.05) is 5.16 Å². The molecule has 1 unspecified atom stereocenters. The number of hydrogen-bond acceptors (Lipinski definition) is 5. The summed E-state index contributed by atoms with van der Waals surface area (Å²) in [5.74, 6) is 2.18. The fourth-order valence-corrected chi connectivity index (χ4v) is 3.00. The predicted molar refractivity (Wildman–Crippen MR) is 70.8 cm³/mol. The number of ether oxygens (including phenoxy) is 1. The molecule has 0 aromatic carbocycles. The van der Waals surface area contributed by atoms with E-state index < -0.39 is 0 Å². The molecule has 1 N–H and O–H groups in total. The van der Waals surface area contributed by atoms with E-state index in [1.54, 1.807) is 0 Å². The van der Waals surface area contributed by atoms with Crippen LogP contribution in [0.1, 0.15) is 50.7 Å². The lowest BCUT2D eigenvalue weighted by molar-refractivity contribution is -0.0770. The third-order valence-corrected chi connectivity index (χ3v) is 4.33. The van der Waals surface area contributed by atoms with Gasteiger partial charge in [0.1, 0.15) is 5.60 Å². The Hall–Kier alpha value is -0.940. The second-order valence-electron chi connectivity index (χ2n) is 5.95. The van der Waals surface area contributed by atoms with Crippen LogP contribution in [0.2, 0.25) is 0 Å². The fourth-order valence-electron chi connectivity index (χ4n) is 3.00. The molecule has 5 nitrogen and oxygen atoms in total. The minimum absolute atomic E-state index is 0.339. The molecule has 3 heterocycles. The fraction of sp³-hybridized carbons (Fsp3) is 0.857. The van der Waals surface area contributed by atoms with Crippen LogP contribution in [0.25, 0.3) is 0 Å². The Morgan fingerprint density at radius 3 is 2.89 bits per heavy atom. The molecule has 19 heavy (non-hydrogen) atoms. The monoisotopic (exact) mass is 265 g/mol. The summed E-state index contributed by atoms with van der Waals surface area (Å²) in [7, 11) is 0. The maximum absolute atomic E-state index is 5.86. The van der Waals surface area contributed by atoms with E-state index in [1.165, 1.54) is 19.3 Å². The van der Waals surface area contributed by atoms with Gasteiger partial charge in [0.15, 0.2) is 0 Å². The van der Waals surface area contributed by atoms with E-state index in [0.717, 1.165) is 50.7 Å². The van der Waals surface area contributed by atoms with Crippen LogP contribution >= 0.6 is 0 Å². The summed E-state index contributed by atoms with van der Waals surface area (Å²) in [4.78, 5) is 4.58. The first-order chi connectivity index (χ1) is 9.26. The van der Waals surface area contributed by atoms with Crippen molar-refractivity contribution in [1.29, 1.82) is 0 Å². The molecule has 5 heteroatoms. The van der Waals surface area contributed by atoms with E-state index in [0.29, 0.717) is 5.92 Å². The molecule has 1 aromatic heterocycles. The Balaban J connectivity index is 1.65. The summed E-state index contributed by atoms with van der Waals surface area (Å²) in [5, 5.41) is 7.53. The highest BCUT2D eigenvalue weighted by Crippen LogP contribution is 2.33. The summed E-state index contributed by atoms with van der Waals surface area (Å²) < 4.78 is 11.3. The number of rotatable bonds is 3. The quantitative estimate of drug-likeness (QED) is 0.906. The Labute approximate surface area is 114 Å². The molecular weight excluding hydrogens is 242 g/mol. The number of aromatic nitrogens is 2. The van der Waals surface area contributed by atoms with Crippen molar-refractivity contribution in [2.45, 2.75) is 51.0 Å². The van der Waals surface area contributed by atoms with Gasteiger partial charge in [0, 0.05) is 13.0 Å². The zero-order valence-electron chi connectivity index (χ0n) is 11.7. The highest BCUT2D eigenvalue weighted by molar-refractivity contribution is 5.01. The molecule has 1 aromatic rings. The van der Waals surface area contributed by atoms with E-state index in [1.807, 2.05) is 0 Å². The van der Waals surface area contributed by atoms with Crippen LogP contribution in [0.3, 0.4) is 0 Å². The van der Waals surface area contributed by atoms with E-state index in [9.17, 15) is 0 Å². The lowest BCUT2D eigenvalue weighted by Crippen LogP contribution is -2.31. The number of hydrogen-bond donors (Lipinski definition) is 1. The first-order valence-electron chi connectivity index (χ1n) is 7.44. The van der Waals surface area contributed by atoms with Gasteiger partial charge in [-0.15, -0.1) is 0 Å². The average molecular weight is 265 g/mol. The van der Waals surface area contributed by atoms with Crippen molar-refractivity contribution in [1.82, 2.24) is 15.5 Å². The maximum atomic E-state index is 5.86. The van der Waals surface area contributed by atoms with E-state index >= 15 is 0 Å². The maximum Gasteiger partial charge on any atom is 0.227 e. The van der Waals surface area contributed by atoms with E-state index in [2.05, 4.69) is 22.4 Å². The Bertz CT molecular complexity index is 407. The highest BCUT2D eigenvalue weighted by atomic mass is 16.5. The second kappa shape index (κ2) is 5.59. The van der Waals surface area contributed by atoms with Crippen molar-refractivity contribution < 1.29 is 9.26 Å². The normalized spacial score (nSPS) is 29.5. The van der Waals surface area contributed by atoms with Crippen molar-refractivity contribution in [2.24, 2.45) is 5.92 Å². The molecule has 2 fully saturated rings. The molecule has 0 aliphatic carbocycles. The van der Waals surface area contributed by atoms with Crippen LogP contribution in [-0.4, -0.2) is 29.8 Å². The molecule has 3 rings (SSSR count). The zero-order valence-corrected chi connectivity index (χ0v) is 11.7. The molecule has 0 bridgehead atoms. The van der Waals surface area contributed by atoms with Gasteiger partial charge in [-0.05, 0) is 58.0 Å². The Morgan fingerprint density at radius 1 is 1.32 bits per heavy atom. The van der Waals surface area contributed by atoms with Gasteiger partial charge >= 0.3 is 0 Å². The van der Waals surface area contributed by atoms with Crippen molar-refractivity contribution in [3.8, 4) is 0 Å². The molecular formula is C14H23N3O2. The minimum atomic E-state index is -0.339. The third-order valence-electron chi connectivity index (χ3n) is 4.33. The summed E-state index contributed by atoms with van der Waals surface area (Å²) in [5.41, 5.74) is -0.339. The molecule has 2 aliphatic heterocycles. The first kappa shape index (κ1) is 13.1. The molecule has 0 spiro atoms. The van der Waals surface area contributed by atoms with Gasteiger partial charge in [0.25, 0.3) is 0 Å². The van der Waals surface area contributed by atoms with Gasteiger partial charge in [-0.2, -0.15) is 4.98 Å². The summed E-state index contributed by atoms with van der Waals surface area (Å²) in [6, 6.07) is 0. The molecule has 2 aliphatic rings. The Morgan fingerprint density at radius 2 is 2.16 bits per heavy atom. The van der Waals surface area contributed by atoms with Crippen LogP contribution in [-0.2, 0) is 16.8 Å². The van der Waals surface area contributed by atoms with Gasteiger partial charge < -0.3 is 14.6 Å². The van der Waals surface area contributed by atoms with Gasteiger partial charge in [-0.3, -0.25) is 0 Å². The topological polar surface area (TPSA) is 60.2 Å². The zero-order chi connectivity index (χ0) is 13.1. The predicted octanol–water partition coefficient (Wildman–Crippen LogP) is 2.03. The van der Waals surface area contributed by atoms with Crippen molar-refractivity contribution in [3.05, 3.63) is 11.7 Å². The van der Waals surface area contributed by atoms with Crippen molar-refractivity contribution in [3.63, 3.8) is 0 Å². The third kappa shape index (κ3) is 2.98. The SMILES string of the molecule is CC1(c2noc(CC3CCNCC3)n2)CCCCO1. The van der Waals surface area contributed by atoms with Crippen LogP contribution in [0.15, 0.2) is 4.52 Å². The minimum Gasteiger partial charge on any atom is -0.367 e. The molecule has 2 saturated heterocycles. The average Bonchev–Trinajstić information content (AvgIpc) is 2.90. The molecule has 0 saturated carbocycles. The van der Waals surface area contributed by atoms with Crippen molar-refractivity contribution >= 4 is 0 Å². The van der Waals surface area contributed by atoms with Gasteiger partial charge in [-0.25, -0.2) is 0 Å². The number of piperidine rings is 1. The summed E-state index contributed by atoms with van der Waals surface area (Å²) in [6.45, 7) is 5.08. The first-order valence-corrected chi connectivity index (χ1v) is 7.44. The van der Waals surface area contributed by atoms with Crippen LogP contribution in [0, 0.1) is 5.92 Å². The van der Waals surface area contributed by atoms with E-state index in [4.69, 9.17) is 9.26 Å². The van der Waals surface area contributed by atoms with Crippen molar-refractivity contribution in [2.75, 3.05) is 19.7 Å². The smallest absolute Gasteiger partial charge is 0.227 e. The van der Waals surface area contributed by atoms with Gasteiger partial charge in [0.05, 0.1) is 0 Å². The standard InChI is InChI=1S/C14H23N3O2/c1-14(6-2-3-9-18-14)13-16-12(19-17-13)10-11-4-7-15-8-5-11/h11,15H,2-10H2,1H3. The second-order valence-corrected chi connectivity index (χ2v) is 5.95. The van der Waals surface area contributed by atoms with Gasteiger partial charge in [0.2, 0.25) is 11.7 Å². The van der Waals surface area contributed by atoms with E-state index in [-0.39, 0.29) is 5.60 Å².